The van der Waals surface area contributed by atoms with Crippen molar-refractivity contribution >= 4 is 41.2 Å². The van der Waals surface area contributed by atoms with E-state index >= 15 is 0 Å². The zero-order valence-corrected chi connectivity index (χ0v) is 23.4. The number of nitrogens with zero attached hydrogens (tertiary/aromatic N) is 2. The number of thiol groups is 1. The van der Waals surface area contributed by atoms with Crippen LogP contribution in [0.15, 0.2) is 60.7 Å². The molecule has 1 amide bonds. The van der Waals surface area contributed by atoms with Gasteiger partial charge in [-0.3, -0.25) is 4.79 Å². The first-order chi connectivity index (χ1) is 18.9. The van der Waals surface area contributed by atoms with Gasteiger partial charge >= 0.3 is 5.97 Å². The van der Waals surface area contributed by atoms with E-state index in [1.807, 2.05) is 55.5 Å². The van der Waals surface area contributed by atoms with Crippen molar-refractivity contribution < 1.29 is 14.7 Å². The standard InChI is InChI=1S/C32H35N3O3S/c1-3-6-29-34-30-20(2)15-25(33-31(36)24(19-39)16-21-9-10-21)17-28(30)35(29)18-22-11-13-23(14-12-22)26-7-4-5-8-27(26)32(37)38/h4-5,7-8,11-15,17,21,24,39H,3,6,9-10,16,18-19H2,1-2H3,(H,33,36)(H,37,38). The predicted octanol–water partition coefficient (Wildman–Crippen LogP) is 7.00. The van der Waals surface area contributed by atoms with E-state index in [-0.39, 0.29) is 11.8 Å². The van der Waals surface area contributed by atoms with Gasteiger partial charge in [0.05, 0.1) is 16.6 Å². The number of imidazole rings is 1. The van der Waals surface area contributed by atoms with Gasteiger partial charge in [0.1, 0.15) is 5.82 Å². The molecule has 1 aromatic heterocycles. The van der Waals surface area contributed by atoms with Crippen molar-refractivity contribution in [1.29, 1.82) is 0 Å². The van der Waals surface area contributed by atoms with Crippen LogP contribution in [0.3, 0.4) is 0 Å². The molecule has 3 aromatic carbocycles. The highest BCUT2D eigenvalue weighted by molar-refractivity contribution is 7.80. The normalized spacial score (nSPS) is 13.9. The Morgan fingerprint density at radius 3 is 2.54 bits per heavy atom. The second-order valence-electron chi connectivity index (χ2n) is 10.6. The number of anilines is 1. The van der Waals surface area contributed by atoms with Crippen LogP contribution >= 0.6 is 12.6 Å². The lowest BCUT2D eigenvalue weighted by atomic mass is 9.99. The van der Waals surface area contributed by atoms with Gasteiger partial charge in [-0.05, 0) is 66.1 Å². The smallest absolute Gasteiger partial charge is 0.336 e. The third-order valence-corrected chi connectivity index (χ3v) is 7.97. The molecular weight excluding hydrogens is 506 g/mol. The Morgan fingerprint density at radius 2 is 1.87 bits per heavy atom. The first-order valence-electron chi connectivity index (χ1n) is 13.7. The molecule has 1 fully saturated rings. The third-order valence-electron chi connectivity index (χ3n) is 7.53. The van der Waals surface area contributed by atoms with Crippen molar-refractivity contribution in [2.45, 2.75) is 52.5 Å². The maximum Gasteiger partial charge on any atom is 0.336 e. The summed E-state index contributed by atoms with van der Waals surface area (Å²) in [5, 5.41) is 12.7. The number of fused-ring (bicyclic) bond motifs is 1. The number of nitrogens with one attached hydrogen (secondary N) is 1. The van der Waals surface area contributed by atoms with Gasteiger partial charge in [0.25, 0.3) is 0 Å². The van der Waals surface area contributed by atoms with Gasteiger partial charge in [0.15, 0.2) is 0 Å². The number of benzene rings is 3. The molecule has 39 heavy (non-hydrogen) atoms. The second kappa shape index (κ2) is 11.7. The summed E-state index contributed by atoms with van der Waals surface area (Å²) in [4.78, 5) is 29.7. The molecule has 1 aliphatic carbocycles. The van der Waals surface area contributed by atoms with Gasteiger partial charge in [-0.15, -0.1) is 0 Å². The highest BCUT2D eigenvalue weighted by Crippen LogP contribution is 2.36. The molecule has 0 radical (unpaired) electrons. The zero-order valence-electron chi connectivity index (χ0n) is 22.5. The fraction of sp³-hybridized carbons (Fsp3) is 0.344. The average Bonchev–Trinajstić information content (AvgIpc) is 3.69. The number of carbonyl (C=O) groups is 2. The number of rotatable bonds is 11. The topological polar surface area (TPSA) is 84.2 Å². The van der Waals surface area contributed by atoms with Gasteiger partial charge in [-0.25, -0.2) is 9.78 Å². The first-order valence-corrected chi connectivity index (χ1v) is 14.3. The van der Waals surface area contributed by atoms with Gasteiger partial charge in [0, 0.05) is 30.3 Å². The van der Waals surface area contributed by atoms with Crippen molar-refractivity contribution in [2.24, 2.45) is 11.8 Å². The molecule has 0 spiro atoms. The molecule has 4 aromatic rings. The Balaban J connectivity index is 1.44. The van der Waals surface area contributed by atoms with Crippen molar-refractivity contribution in [3.05, 3.63) is 83.2 Å². The summed E-state index contributed by atoms with van der Waals surface area (Å²) >= 11 is 4.44. The molecule has 1 heterocycles. The Kier molecular flexibility index (Phi) is 8.07. The summed E-state index contributed by atoms with van der Waals surface area (Å²) in [6.07, 6.45) is 5.16. The summed E-state index contributed by atoms with van der Waals surface area (Å²) in [5.74, 6) is 1.25. The Labute approximate surface area is 234 Å². The molecule has 0 saturated heterocycles. The minimum absolute atomic E-state index is 0.0349. The molecule has 1 unspecified atom stereocenters. The minimum Gasteiger partial charge on any atom is -0.478 e. The van der Waals surface area contributed by atoms with E-state index in [4.69, 9.17) is 4.98 Å². The van der Waals surface area contributed by atoms with Gasteiger partial charge < -0.3 is 15.0 Å². The number of amides is 1. The average molecular weight is 542 g/mol. The van der Waals surface area contributed by atoms with Gasteiger partial charge in [0.2, 0.25) is 5.91 Å². The molecule has 202 valence electrons. The molecule has 2 N–H and O–H groups in total. The lowest BCUT2D eigenvalue weighted by Crippen LogP contribution is -2.24. The number of aromatic carboxylic acids is 1. The number of aryl methyl sites for hydroxylation is 2. The quantitative estimate of drug-likeness (QED) is 0.179. The van der Waals surface area contributed by atoms with E-state index in [0.717, 1.165) is 58.5 Å². The summed E-state index contributed by atoms with van der Waals surface area (Å²) < 4.78 is 2.24. The van der Waals surface area contributed by atoms with Crippen LogP contribution in [0.1, 0.15) is 59.9 Å². The highest BCUT2D eigenvalue weighted by atomic mass is 32.1. The molecule has 0 aliphatic heterocycles. The summed E-state index contributed by atoms with van der Waals surface area (Å²) in [5.41, 5.74) is 6.72. The van der Waals surface area contributed by atoms with Crippen LogP contribution < -0.4 is 5.32 Å². The van der Waals surface area contributed by atoms with Crippen molar-refractivity contribution in [2.75, 3.05) is 11.1 Å². The molecule has 1 aliphatic rings. The first kappa shape index (κ1) is 27.0. The molecular formula is C32H35N3O3S. The van der Waals surface area contributed by atoms with Crippen LogP contribution in [0.2, 0.25) is 0 Å². The predicted molar refractivity (Wildman–Crippen MR) is 160 cm³/mol. The SMILES string of the molecule is CCCc1nc2c(C)cc(NC(=O)C(CS)CC3CC3)cc2n1Cc1ccc(-c2ccccc2C(=O)O)cc1. The Bertz CT molecular complexity index is 1510. The maximum absolute atomic E-state index is 13.0. The van der Waals surface area contributed by atoms with E-state index in [2.05, 4.69) is 29.4 Å². The minimum atomic E-state index is -0.935. The van der Waals surface area contributed by atoms with Gasteiger partial charge in [-0.1, -0.05) is 62.2 Å². The Morgan fingerprint density at radius 1 is 1.13 bits per heavy atom. The van der Waals surface area contributed by atoms with Gasteiger partial charge in [-0.2, -0.15) is 12.6 Å². The van der Waals surface area contributed by atoms with E-state index in [0.29, 0.717) is 29.3 Å². The molecule has 6 nitrogen and oxygen atoms in total. The lowest BCUT2D eigenvalue weighted by Gasteiger charge is -2.15. The largest absolute Gasteiger partial charge is 0.478 e. The fourth-order valence-corrected chi connectivity index (χ4v) is 5.58. The number of carbonyl (C=O) groups excluding carboxylic acids is 1. The van der Waals surface area contributed by atoms with Crippen LogP contribution in [-0.2, 0) is 17.8 Å². The number of aromatic nitrogens is 2. The highest BCUT2D eigenvalue weighted by Gasteiger charge is 2.28. The van der Waals surface area contributed by atoms with E-state index in [1.165, 1.54) is 12.8 Å². The fourth-order valence-electron chi connectivity index (χ4n) is 5.26. The summed E-state index contributed by atoms with van der Waals surface area (Å²) in [7, 11) is 0. The third kappa shape index (κ3) is 6.04. The zero-order chi connectivity index (χ0) is 27.5. The van der Waals surface area contributed by atoms with Crippen molar-refractivity contribution in [1.82, 2.24) is 9.55 Å². The second-order valence-corrected chi connectivity index (χ2v) is 11.0. The number of carboxylic acid groups (broad SMARTS) is 1. The van der Waals surface area contributed by atoms with E-state index in [1.54, 1.807) is 12.1 Å². The molecule has 7 heteroatoms. The van der Waals surface area contributed by atoms with Crippen LogP contribution in [0.25, 0.3) is 22.2 Å². The monoisotopic (exact) mass is 541 g/mol. The molecule has 1 saturated carbocycles. The van der Waals surface area contributed by atoms with Crippen molar-refractivity contribution in [3.8, 4) is 11.1 Å². The Hall–Kier alpha value is -3.58. The van der Waals surface area contributed by atoms with Crippen LogP contribution in [0, 0.1) is 18.8 Å². The van der Waals surface area contributed by atoms with Crippen molar-refractivity contribution in [3.63, 3.8) is 0 Å². The summed E-state index contributed by atoms with van der Waals surface area (Å²) in [6, 6.07) is 19.1. The van der Waals surface area contributed by atoms with Crippen LogP contribution in [-0.4, -0.2) is 32.3 Å². The number of hydrogen-bond donors (Lipinski definition) is 3. The number of carboxylic acids is 1. The molecule has 1 atom stereocenters. The summed E-state index contributed by atoms with van der Waals surface area (Å²) in [6.45, 7) is 4.82. The van der Waals surface area contributed by atoms with Crippen LogP contribution in [0.4, 0.5) is 5.69 Å². The molecule has 5 rings (SSSR count). The maximum atomic E-state index is 13.0. The van der Waals surface area contributed by atoms with E-state index in [9.17, 15) is 14.7 Å². The van der Waals surface area contributed by atoms with E-state index < -0.39 is 5.97 Å². The molecule has 0 bridgehead atoms. The lowest BCUT2D eigenvalue weighted by molar-refractivity contribution is -0.119. The number of hydrogen-bond acceptors (Lipinski definition) is 4. The van der Waals surface area contributed by atoms with Crippen LogP contribution in [0.5, 0.6) is 0 Å².